The number of carbonyl (C=O) groups is 1. The summed E-state index contributed by atoms with van der Waals surface area (Å²) in [7, 11) is 1.52. The van der Waals surface area contributed by atoms with Crippen molar-refractivity contribution in [1.82, 2.24) is 4.57 Å². The van der Waals surface area contributed by atoms with Crippen LogP contribution in [0.5, 0.6) is 5.75 Å². The monoisotopic (exact) mass is 651 g/mol. The van der Waals surface area contributed by atoms with Gasteiger partial charge in [-0.2, -0.15) is 0 Å². The van der Waals surface area contributed by atoms with Crippen molar-refractivity contribution in [3.63, 3.8) is 0 Å². The molecule has 216 valence electrons. The third-order valence-corrected chi connectivity index (χ3v) is 8.21. The Morgan fingerprint density at radius 3 is 2.67 bits per heavy atom. The highest BCUT2D eigenvalue weighted by atomic mass is 79.9. The number of fused-ring (bicyclic) bond motifs is 1. The van der Waals surface area contributed by atoms with Crippen molar-refractivity contribution in [3.8, 4) is 17.1 Å². The Labute approximate surface area is 252 Å². The second-order valence-corrected chi connectivity index (χ2v) is 11.8. The van der Waals surface area contributed by atoms with Crippen LogP contribution in [0, 0.1) is 17.0 Å². The fraction of sp³-hybridized carbons (Fsp3) is 0.233. The lowest BCUT2D eigenvalue weighted by atomic mass is 9.95. The van der Waals surface area contributed by atoms with Crippen LogP contribution in [0.4, 0.5) is 5.69 Å². The molecule has 0 saturated heterocycles. The molecular weight excluding hydrogens is 626 g/mol. The highest BCUT2D eigenvalue weighted by molar-refractivity contribution is 9.10. The van der Waals surface area contributed by atoms with Gasteiger partial charge in [0.1, 0.15) is 23.3 Å². The Hall–Kier alpha value is -4.29. The van der Waals surface area contributed by atoms with Crippen LogP contribution in [0.3, 0.4) is 0 Å². The Bertz CT molecular complexity index is 1950. The third kappa shape index (κ3) is 5.35. The van der Waals surface area contributed by atoms with E-state index in [4.69, 9.17) is 13.9 Å². The summed E-state index contributed by atoms with van der Waals surface area (Å²) in [5, 5.41) is 11.4. The maximum Gasteiger partial charge on any atom is 0.338 e. The molecule has 0 saturated carbocycles. The molecule has 0 aliphatic carbocycles. The summed E-state index contributed by atoms with van der Waals surface area (Å²) in [5.41, 5.74) is 1.92. The van der Waals surface area contributed by atoms with Gasteiger partial charge in [0.2, 0.25) is 0 Å². The number of hydrogen-bond acceptors (Lipinski definition) is 9. The van der Waals surface area contributed by atoms with E-state index in [-0.39, 0.29) is 22.9 Å². The van der Waals surface area contributed by atoms with Crippen molar-refractivity contribution in [2.45, 2.75) is 39.8 Å². The van der Waals surface area contributed by atoms with Crippen LogP contribution >= 0.6 is 27.3 Å². The molecule has 1 aliphatic rings. The van der Waals surface area contributed by atoms with Crippen LogP contribution in [0.1, 0.15) is 43.7 Å². The normalized spacial score (nSPS) is 15.0. The zero-order chi connectivity index (χ0) is 30.3. The molecule has 1 aliphatic heterocycles. The van der Waals surface area contributed by atoms with Crippen molar-refractivity contribution in [3.05, 3.63) is 111 Å². The first-order valence-electron chi connectivity index (χ1n) is 12.9. The van der Waals surface area contributed by atoms with Gasteiger partial charge in [-0.1, -0.05) is 39.4 Å². The lowest BCUT2D eigenvalue weighted by Crippen LogP contribution is -2.40. The molecule has 10 nitrogen and oxygen atoms in total. The molecule has 4 aromatic rings. The molecule has 0 spiro atoms. The minimum absolute atomic E-state index is 0.0103. The van der Waals surface area contributed by atoms with E-state index in [9.17, 15) is 19.7 Å². The van der Waals surface area contributed by atoms with Gasteiger partial charge in [-0.25, -0.2) is 9.79 Å². The van der Waals surface area contributed by atoms with Crippen LogP contribution in [-0.4, -0.2) is 28.7 Å². The topological polar surface area (TPSA) is 126 Å². The number of furan rings is 1. The van der Waals surface area contributed by atoms with Gasteiger partial charge >= 0.3 is 5.97 Å². The Kier molecular flexibility index (Phi) is 8.02. The zero-order valence-corrected chi connectivity index (χ0v) is 25.7. The van der Waals surface area contributed by atoms with Crippen LogP contribution in [0.25, 0.3) is 17.4 Å². The fourth-order valence-electron chi connectivity index (χ4n) is 4.87. The third-order valence-electron chi connectivity index (χ3n) is 6.74. The Balaban J connectivity index is 1.67. The first-order chi connectivity index (χ1) is 20.0. The van der Waals surface area contributed by atoms with Crippen molar-refractivity contribution in [2.75, 3.05) is 7.11 Å². The number of carbonyl (C=O) groups excluding carboxylic acids is 1. The molecule has 2 aromatic heterocycles. The van der Waals surface area contributed by atoms with E-state index in [1.807, 2.05) is 12.1 Å². The van der Waals surface area contributed by atoms with E-state index in [0.717, 1.165) is 15.8 Å². The SMILES string of the molecule is COc1ccc(Br)cc1[C@@H]1C(C(=O)OC(C)C)=C(C)N=c2s/c(=C\c3ccc(-c4cccc([N+](=O)[O-])c4C)o3)c(=O)n21. The largest absolute Gasteiger partial charge is 0.496 e. The maximum absolute atomic E-state index is 14.0. The number of rotatable bonds is 7. The van der Waals surface area contributed by atoms with E-state index in [1.165, 1.54) is 17.7 Å². The average Bonchev–Trinajstić information content (AvgIpc) is 3.51. The van der Waals surface area contributed by atoms with Gasteiger partial charge in [0.25, 0.3) is 11.2 Å². The average molecular weight is 653 g/mol. The standard InChI is InChI=1S/C30H26BrN3O7S/c1-15(2)40-29(36)26-17(4)32-30-33(27(26)21-13-18(31)9-11-23(21)39-5)28(35)25(42-30)14-19-10-12-24(41-19)20-7-6-8-22(16(20)3)34(37)38/h6-15,27H,1-5H3/b25-14-/t27-/m1/s1. The van der Waals surface area contributed by atoms with E-state index in [0.29, 0.717) is 49.0 Å². The molecule has 5 rings (SSSR count). The Morgan fingerprint density at radius 1 is 1.21 bits per heavy atom. The molecule has 2 aromatic carbocycles. The number of esters is 1. The van der Waals surface area contributed by atoms with Crippen LogP contribution in [-0.2, 0) is 9.53 Å². The predicted molar refractivity (Wildman–Crippen MR) is 161 cm³/mol. The molecule has 1 atom stereocenters. The number of nitro groups is 1. The van der Waals surface area contributed by atoms with Crippen molar-refractivity contribution < 1.29 is 23.6 Å². The lowest BCUT2D eigenvalue weighted by Gasteiger charge is -2.26. The molecule has 3 heterocycles. The summed E-state index contributed by atoms with van der Waals surface area (Å²) >= 11 is 4.66. The number of benzene rings is 2. The van der Waals surface area contributed by atoms with Crippen LogP contribution in [0.2, 0.25) is 0 Å². The van der Waals surface area contributed by atoms with Crippen LogP contribution in [0.15, 0.2) is 78.5 Å². The number of nitro benzene ring substituents is 1. The maximum atomic E-state index is 14.0. The van der Waals surface area contributed by atoms with Crippen LogP contribution < -0.4 is 19.6 Å². The number of nitrogens with zero attached hydrogens (tertiary/aromatic N) is 3. The number of methoxy groups -OCH3 is 1. The van der Waals surface area contributed by atoms with Crippen molar-refractivity contribution in [2.24, 2.45) is 4.99 Å². The smallest absolute Gasteiger partial charge is 0.338 e. The summed E-state index contributed by atoms with van der Waals surface area (Å²) in [6, 6.07) is 12.7. The molecule has 12 heteroatoms. The first kappa shape index (κ1) is 29.2. The number of thiazole rings is 1. The van der Waals surface area contributed by atoms with Gasteiger partial charge in [-0.05, 0) is 58.0 Å². The second-order valence-electron chi connectivity index (χ2n) is 9.83. The van der Waals surface area contributed by atoms with Gasteiger partial charge in [0, 0.05) is 33.3 Å². The predicted octanol–water partition coefficient (Wildman–Crippen LogP) is 5.43. The van der Waals surface area contributed by atoms with E-state index in [2.05, 4.69) is 20.9 Å². The molecular formula is C30H26BrN3O7S. The molecule has 0 N–H and O–H groups in total. The molecule has 0 bridgehead atoms. The Morgan fingerprint density at radius 2 is 1.98 bits per heavy atom. The number of halogens is 1. The summed E-state index contributed by atoms with van der Waals surface area (Å²) in [6.07, 6.45) is 1.22. The van der Waals surface area contributed by atoms with Crippen molar-refractivity contribution in [1.29, 1.82) is 0 Å². The molecule has 0 unspecified atom stereocenters. The first-order valence-corrected chi connectivity index (χ1v) is 14.5. The fourth-order valence-corrected chi connectivity index (χ4v) is 6.27. The van der Waals surface area contributed by atoms with Crippen molar-refractivity contribution >= 4 is 45.0 Å². The molecule has 0 radical (unpaired) electrons. The summed E-state index contributed by atoms with van der Waals surface area (Å²) in [6.45, 7) is 6.88. The minimum Gasteiger partial charge on any atom is -0.496 e. The number of ether oxygens (including phenoxy) is 2. The molecule has 42 heavy (non-hydrogen) atoms. The van der Waals surface area contributed by atoms with E-state index < -0.39 is 16.9 Å². The highest BCUT2D eigenvalue weighted by Crippen LogP contribution is 2.37. The van der Waals surface area contributed by atoms with E-state index in [1.54, 1.807) is 64.1 Å². The molecule has 0 amide bonds. The zero-order valence-electron chi connectivity index (χ0n) is 23.3. The second kappa shape index (κ2) is 11.5. The van der Waals surface area contributed by atoms with Gasteiger partial charge in [0.05, 0.1) is 33.9 Å². The van der Waals surface area contributed by atoms with Gasteiger partial charge in [-0.3, -0.25) is 19.5 Å². The summed E-state index contributed by atoms with van der Waals surface area (Å²) in [4.78, 5) is 43.3. The quantitative estimate of drug-likeness (QED) is 0.148. The van der Waals surface area contributed by atoms with Gasteiger partial charge in [0.15, 0.2) is 4.80 Å². The number of allylic oxidation sites excluding steroid dienone is 1. The number of hydrogen-bond donors (Lipinski definition) is 0. The summed E-state index contributed by atoms with van der Waals surface area (Å²) in [5.74, 6) is 0.732. The van der Waals surface area contributed by atoms with Gasteiger partial charge < -0.3 is 13.9 Å². The summed E-state index contributed by atoms with van der Waals surface area (Å²) < 4.78 is 19.7. The lowest BCUT2D eigenvalue weighted by molar-refractivity contribution is -0.385. The van der Waals surface area contributed by atoms with E-state index >= 15 is 0 Å². The minimum atomic E-state index is -0.859. The highest BCUT2D eigenvalue weighted by Gasteiger charge is 2.35. The molecule has 0 fully saturated rings. The van der Waals surface area contributed by atoms with Gasteiger partial charge in [-0.15, -0.1) is 0 Å². The number of aromatic nitrogens is 1.